The zero-order valence-corrected chi connectivity index (χ0v) is 12.2. The lowest BCUT2D eigenvalue weighted by Crippen LogP contribution is -2.35. The molecule has 0 saturated carbocycles. The number of para-hydroxylation sites is 1. The first kappa shape index (κ1) is 13.8. The smallest absolute Gasteiger partial charge is 0.152 e. The minimum Gasteiger partial charge on any atom is -0.380 e. The van der Waals surface area contributed by atoms with Crippen molar-refractivity contribution in [3.05, 3.63) is 36.0 Å². The van der Waals surface area contributed by atoms with Crippen molar-refractivity contribution < 1.29 is 8.42 Å². The molecule has 2 heterocycles. The zero-order chi connectivity index (χ0) is 14.9. The van der Waals surface area contributed by atoms with Gasteiger partial charge in [-0.15, -0.1) is 0 Å². The largest absolute Gasteiger partial charge is 0.380 e. The number of aromatic nitrogens is 1. The highest BCUT2D eigenvalue weighted by atomic mass is 32.2. The summed E-state index contributed by atoms with van der Waals surface area (Å²) in [5.41, 5.74) is 1.92. The Kier molecular flexibility index (Phi) is 3.52. The van der Waals surface area contributed by atoms with E-state index in [0.29, 0.717) is 17.7 Å². The molecule has 108 valence electrons. The van der Waals surface area contributed by atoms with Crippen LogP contribution in [0.2, 0.25) is 0 Å². The Morgan fingerprint density at radius 2 is 2.14 bits per heavy atom. The van der Waals surface area contributed by atoms with E-state index >= 15 is 0 Å². The third-order valence-electron chi connectivity index (χ3n) is 3.71. The lowest BCUT2D eigenvalue weighted by molar-refractivity contribution is 0.562. The molecular formula is C15H15N3O2S. The molecule has 1 N–H and O–H groups in total. The second kappa shape index (κ2) is 5.34. The Morgan fingerprint density at radius 3 is 2.90 bits per heavy atom. The lowest BCUT2D eigenvalue weighted by atomic mass is 10.1. The van der Waals surface area contributed by atoms with E-state index < -0.39 is 9.84 Å². The summed E-state index contributed by atoms with van der Waals surface area (Å²) in [7, 11) is -2.99. The van der Waals surface area contributed by atoms with Gasteiger partial charge in [-0.2, -0.15) is 5.26 Å². The molecule has 0 amide bonds. The van der Waals surface area contributed by atoms with Crippen LogP contribution in [0.5, 0.6) is 0 Å². The van der Waals surface area contributed by atoms with Crippen molar-refractivity contribution in [3.8, 4) is 6.07 Å². The van der Waals surface area contributed by atoms with Crippen molar-refractivity contribution in [2.24, 2.45) is 0 Å². The quantitative estimate of drug-likeness (QED) is 0.918. The van der Waals surface area contributed by atoms with Gasteiger partial charge in [0.05, 0.1) is 28.3 Å². The third-order valence-corrected chi connectivity index (χ3v) is 5.53. The molecule has 0 aliphatic carbocycles. The summed E-state index contributed by atoms with van der Waals surface area (Å²) in [4.78, 5) is 4.25. The van der Waals surface area contributed by atoms with Crippen LogP contribution in [0.25, 0.3) is 10.9 Å². The van der Waals surface area contributed by atoms with E-state index in [9.17, 15) is 13.7 Å². The van der Waals surface area contributed by atoms with E-state index in [2.05, 4.69) is 16.4 Å². The highest BCUT2D eigenvalue weighted by Gasteiger charge is 2.25. The normalized spacial score (nSPS) is 20.8. The van der Waals surface area contributed by atoms with Gasteiger partial charge in [0.25, 0.3) is 0 Å². The summed E-state index contributed by atoms with van der Waals surface area (Å²) < 4.78 is 23.5. The molecule has 0 radical (unpaired) electrons. The molecule has 1 aliphatic rings. The summed E-state index contributed by atoms with van der Waals surface area (Å²) in [6.07, 6.45) is 2.98. The number of nitrogens with one attached hydrogen (secondary N) is 1. The Labute approximate surface area is 123 Å². The Hall–Kier alpha value is -2.13. The number of anilines is 1. The maximum atomic E-state index is 11.8. The minimum atomic E-state index is -2.99. The topological polar surface area (TPSA) is 82.8 Å². The number of nitrogens with zero attached hydrogens (tertiary/aromatic N) is 2. The highest BCUT2D eigenvalue weighted by Crippen LogP contribution is 2.27. The molecular weight excluding hydrogens is 286 g/mol. The number of sulfone groups is 1. The predicted octanol–water partition coefficient (Wildman–Crippen LogP) is 2.10. The fraction of sp³-hybridized carbons (Fsp3) is 0.333. The van der Waals surface area contributed by atoms with Gasteiger partial charge in [0, 0.05) is 17.6 Å². The average Bonchev–Trinajstić information content (AvgIpc) is 2.46. The zero-order valence-electron chi connectivity index (χ0n) is 11.4. The Morgan fingerprint density at radius 1 is 1.33 bits per heavy atom. The second-order valence-electron chi connectivity index (χ2n) is 5.27. The van der Waals surface area contributed by atoms with Crippen LogP contribution in [0.4, 0.5) is 5.69 Å². The van der Waals surface area contributed by atoms with Crippen LogP contribution >= 0.6 is 0 Å². The maximum Gasteiger partial charge on any atom is 0.152 e. The van der Waals surface area contributed by atoms with Crippen molar-refractivity contribution >= 4 is 26.4 Å². The number of hydrogen-bond acceptors (Lipinski definition) is 5. The SMILES string of the molecule is N#Cc1cnc2ccccc2c1NC1CCCS(=O)(=O)C1. The van der Waals surface area contributed by atoms with Gasteiger partial charge < -0.3 is 5.32 Å². The van der Waals surface area contributed by atoms with Crippen molar-refractivity contribution in [3.63, 3.8) is 0 Å². The van der Waals surface area contributed by atoms with Crippen LogP contribution in [-0.4, -0.2) is 30.9 Å². The molecule has 1 saturated heterocycles. The molecule has 3 rings (SSSR count). The molecule has 1 unspecified atom stereocenters. The van der Waals surface area contributed by atoms with Gasteiger partial charge >= 0.3 is 0 Å². The summed E-state index contributed by atoms with van der Waals surface area (Å²) in [6, 6.07) is 9.51. The van der Waals surface area contributed by atoms with E-state index in [1.165, 1.54) is 6.20 Å². The van der Waals surface area contributed by atoms with Gasteiger partial charge in [0.2, 0.25) is 0 Å². The maximum absolute atomic E-state index is 11.8. The van der Waals surface area contributed by atoms with Crippen LogP contribution in [0, 0.1) is 11.3 Å². The number of rotatable bonds is 2. The van der Waals surface area contributed by atoms with Crippen LogP contribution < -0.4 is 5.32 Å². The first-order valence-corrected chi connectivity index (χ1v) is 8.66. The van der Waals surface area contributed by atoms with Gasteiger partial charge in [0.15, 0.2) is 9.84 Å². The third kappa shape index (κ3) is 2.83. The van der Waals surface area contributed by atoms with E-state index in [1.807, 2.05) is 24.3 Å². The summed E-state index contributed by atoms with van der Waals surface area (Å²) >= 11 is 0. The van der Waals surface area contributed by atoms with Crippen molar-refractivity contribution in [2.75, 3.05) is 16.8 Å². The molecule has 1 aliphatic heterocycles. The molecule has 1 fully saturated rings. The standard InChI is InChI=1S/C15H15N3O2S/c16-8-11-9-17-14-6-2-1-5-13(14)15(11)18-12-4-3-7-21(19,20)10-12/h1-2,5-6,9,12H,3-4,7,10H2,(H,17,18). The van der Waals surface area contributed by atoms with Gasteiger partial charge in [0.1, 0.15) is 6.07 Å². The van der Waals surface area contributed by atoms with Gasteiger partial charge in [-0.05, 0) is 18.9 Å². The molecule has 2 aromatic rings. The molecule has 21 heavy (non-hydrogen) atoms. The molecule has 1 atom stereocenters. The molecule has 0 bridgehead atoms. The second-order valence-corrected chi connectivity index (χ2v) is 7.50. The van der Waals surface area contributed by atoms with Gasteiger partial charge in [-0.3, -0.25) is 4.98 Å². The molecule has 6 heteroatoms. The predicted molar refractivity (Wildman–Crippen MR) is 81.8 cm³/mol. The first-order chi connectivity index (χ1) is 10.1. The van der Waals surface area contributed by atoms with Crippen LogP contribution in [0.3, 0.4) is 0 Å². The number of benzene rings is 1. The fourth-order valence-electron chi connectivity index (χ4n) is 2.72. The molecule has 0 spiro atoms. The molecule has 1 aromatic heterocycles. The highest BCUT2D eigenvalue weighted by molar-refractivity contribution is 7.91. The number of fused-ring (bicyclic) bond motifs is 1. The average molecular weight is 301 g/mol. The van der Waals surface area contributed by atoms with Crippen molar-refractivity contribution in [1.82, 2.24) is 4.98 Å². The van der Waals surface area contributed by atoms with Crippen LogP contribution in [0.15, 0.2) is 30.5 Å². The summed E-state index contributed by atoms with van der Waals surface area (Å²) in [5.74, 6) is 0.377. The van der Waals surface area contributed by atoms with E-state index in [0.717, 1.165) is 17.3 Å². The number of hydrogen-bond donors (Lipinski definition) is 1. The molecule has 1 aromatic carbocycles. The van der Waals surface area contributed by atoms with Crippen molar-refractivity contribution in [1.29, 1.82) is 5.26 Å². The monoisotopic (exact) mass is 301 g/mol. The number of pyridine rings is 1. The van der Waals surface area contributed by atoms with E-state index in [4.69, 9.17) is 0 Å². The Bertz CT molecular complexity index is 824. The minimum absolute atomic E-state index is 0.120. The van der Waals surface area contributed by atoms with Gasteiger partial charge in [-0.25, -0.2) is 8.42 Å². The van der Waals surface area contributed by atoms with E-state index in [-0.39, 0.29) is 17.5 Å². The summed E-state index contributed by atoms with van der Waals surface area (Å²) in [5, 5.41) is 13.4. The first-order valence-electron chi connectivity index (χ1n) is 6.84. The fourth-order valence-corrected chi connectivity index (χ4v) is 4.36. The lowest BCUT2D eigenvalue weighted by Gasteiger charge is -2.25. The van der Waals surface area contributed by atoms with Crippen LogP contribution in [-0.2, 0) is 9.84 Å². The van der Waals surface area contributed by atoms with Gasteiger partial charge in [-0.1, -0.05) is 18.2 Å². The van der Waals surface area contributed by atoms with Crippen molar-refractivity contribution in [2.45, 2.75) is 18.9 Å². The molecule has 5 nitrogen and oxygen atoms in total. The summed E-state index contributed by atoms with van der Waals surface area (Å²) in [6.45, 7) is 0. The van der Waals surface area contributed by atoms with E-state index in [1.54, 1.807) is 0 Å². The number of nitriles is 1. The Balaban J connectivity index is 2.01. The van der Waals surface area contributed by atoms with Crippen LogP contribution in [0.1, 0.15) is 18.4 Å².